The van der Waals surface area contributed by atoms with Gasteiger partial charge in [0.25, 0.3) is 0 Å². The Kier molecular flexibility index (Phi) is 4.53. The van der Waals surface area contributed by atoms with E-state index in [1.807, 2.05) is 12.1 Å². The molecule has 0 aliphatic heterocycles. The second kappa shape index (κ2) is 6.14. The summed E-state index contributed by atoms with van der Waals surface area (Å²) < 4.78 is 6.05. The van der Waals surface area contributed by atoms with Crippen molar-refractivity contribution in [2.24, 2.45) is 0 Å². The van der Waals surface area contributed by atoms with Gasteiger partial charge in [0.05, 0.1) is 12.3 Å². The molecule has 0 spiro atoms. The summed E-state index contributed by atoms with van der Waals surface area (Å²) in [6.45, 7) is 1.47. The third kappa shape index (κ3) is 3.52. The molecule has 5 heteroatoms. The summed E-state index contributed by atoms with van der Waals surface area (Å²) in [7, 11) is 1.69. The molecule has 0 saturated heterocycles. The van der Waals surface area contributed by atoms with Crippen LogP contribution in [0.1, 0.15) is 0 Å². The molecule has 1 heterocycles. The summed E-state index contributed by atoms with van der Waals surface area (Å²) in [4.78, 5) is 4.52. The molecule has 0 amide bonds. The minimum atomic E-state index is 0.686. The van der Waals surface area contributed by atoms with Gasteiger partial charge >= 0.3 is 0 Å². The zero-order chi connectivity index (χ0) is 12.1. The highest BCUT2D eigenvalue weighted by Crippen LogP contribution is 2.26. The first-order valence-corrected chi connectivity index (χ1v) is 6.91. The molecule has 0 aliphatic rings. The Bertz CT molecular complexity index is 487. The number of benzene rings is 1. The zero-order valence-electron chi connectivity index (χ0n) is 9.44. The van der Waals surface area contributed by atoms with Gasteiger partial charge in [0.1, 0.15) is 0 Å². The van der Waals surface area contributed by atoms with Crippen molar-refractivity contribution in [3.05, 3.63) is 34.1 Å². The van der Waals surface area contributed by atoms with Gasteiger partial charge in [0, 0.05) is 29.1 Å². The fourth-order valence-corrected chi connectivity index (χ4v) is 2.54. The minimum Gasteiger partial charge on any atom is -0.383 e. The smallest absolute Gasteiger partial charge is 0.183 e. The van der Waals surface area contributed by atoms with Gasteiger partial charge in [0.15, 0.2) is 5.13 Å². The van der Waals surface area contributed by atoms with Crippen LogP contribution < -0.4 is 5.32 Å². The van der Waals surface area contributed by atoms with E-state index in [0.717, 1.165) is 27.4 Å². The van der Waals surface area contributed by atoms with Crippen molar-refractivity contribution in [3.63, 3.8) is 0 Å². The maximum absolute atomic E-state index is 4.98. The average molecular weight is 313 g/mol. The molecular weight excluding hydrogens is 300 g/mol. The molecular formula is C12H13BrN2OS. The van der Waals surface area contributed by atoms with Crippen LogP contribution in [0.2, 0.25) is 0 Å². The van der Waals surface area contributed by atoms with Gasteiger partial charge < -0.3 is 10.1 Å². The Morgan fingerprint density at radius 3 is 3.12 bits per heavy atom. The van der Waals surface area contributed by atoms with Crippen LogP contribution in [0.25, 0.3) is 11.3 Å². The number of thiazole rings is 1. The van der Waals surface area contributed by atoms with Gasteiger partial charge in [-0.05, 0) is 12.1 Å². The third-order valence-corrected chi connectivity index (χ3v) is 3.50. The summed E-state index contributed by atoms with van der Waals surface area (Å²) in [6, 6.07) is 8.14. The normalized spacial score (nSPS) is 10.5. The lowest BCUT2D eigenvalue weighted by Crippen LogP contribution is -2.06. The van der Waals surface area contributed by atoms with Crippen molar-refractivity contribution in [3.8, 4) is 11.3 Å². The number of hydrogen-bond acceptors (Lipinski definition) is 4. The second-order valence-corrected chi connectivity index (χ2v) is 5.24. The van der Waals surface area contributed by atoms with Gasteiger partial charge in [-0.2, -0.15) is 0 Å². The first kappa shape index (κ1) is 12.5. The number of methoxy groups -OCH3 is 1. The van der Waals surface area contributed by atoms with Crippen LogP contribution in [0.15, 0.2) is 34.1 Å². The molecule has 0 atom stereocenters. The number of nitrogens with one attached hydrogen (secondary N) is 1. The number of aromatic nitrogens is 1. The van der Waals surface area contributed by atoms with Crippen LogP contribution in [0.5, 0.6) is 0 Å². The SMILES string of the molecule is COCCNc1nc(-c2cccc(Br)c2)cs1. The first-order chi connectivity index (χ1) is 8.29. The molecule has 0 aliphatic carbocycles. The topological polar surface area (TPSA) is 34.1 Å². The van der Waals surface area contributed by atoms with Crippen molar-refractivity contribution < 1.29 is 4.74 Å². The van der Waals surface area contributed by atoms with Crippen LogP contribution in [0, 0.1) is 0 Å². The number of anilines is 1. The molecule has 90 valence electrons. The fraction of sp³-hybridized carbons (Fsp3) is 0.250. The lowest BCUT2D eigenvalue weighted by Gasteiger charge is -2.00. The lowest BCUT2D eigenvalue weighted by atomic mass is 10.2. The summed E-state index contributed by atoms with van der Waals surface area (Å²) in [5.41, 5.74) is 2.12. The first-order valence-electron chi connectivity index (χ1n) is 5.24. The lowest BCUT2D eigenvalue weighted by molar-refractivity contribution is 0.211. The molecule has 2 aromatic rings. The van der Waals surface area contributed by atoms with E-state index in [-0.39, 0.29) is 0 Å². The van der Waals surface area contributed by atoms with Crippen molar-refractivity contribution >= 4 is 32.4 Å². The van der Waals surface area contributed by atoms with E-state index in [4.69, 9.17) is 4.74 Å². The van der Waals surface area contributed by atoms with Crippen LogP contribution in [-0.4, -0.2) is 25.2 Å². The van der Waals surface area contributed by atoms with Crippen LogP contribution in [0.3, 0.4) is 0 Å². The highest BCUT2D eigenvalue weighted by atomic mass is 79.9. The van der Waals surface area contributed by atoms with Crippen molar-refractivity contribution in [2.75, 3.05) is 25.6 Å². The average Bonchev–Trinajstić information content (AvgIpc) is 2.78. The summed E-state index contributed by atoms with van der Waals surface area (Å²) in [5.74, 6) is 0. The van der Waals surface area contributed by atoms with E-state index in [0.29, 0.717) is 6.61 Å². The van der Waals surface area contributed by atoms with Gasteiger partial charge in [0.2, 0.25) is 0 Å². The largest absolute Gasteiger partial charge is 0.383 e. The van der Waals surface area contributed by atoms with E-state index in [2.05, 4.69) is 43.7 Å². The van der Waals surface area contributed by atoms with Gasteiger partial charge in [-0.25, -0.2) is 4.98 Å². The monoisotopic (exact) mass is 312 g/mol. The van der Waals surface area contributed by atoms with Crippen molar-refractivity contribution in [2.45, 2.75) is 0 Å². The molecule has 0 saturated carbocycles. The molecule has 0 radical (unpaired) electrons. The molecule has 1 aromatic heterocycles. The van der Waals surface area contributed by atoms with Gasteiger partial charge in [-0.3, -0.25) is 0 Å². The number of nitrogens with zero attached hydrogens (tertiary/aromatic N) is 1. The van der Waals surface area contributed by atoms with Gasteiger partial charge in [-0.15, -0.1) is 11.3 Å². The second-order valence-electron chi connectivity index (χ2n) is 3.47. The predicted molar refractivity (Wildman–Crippen MR) is 75.6 cm³/mol. The van der Waals surface area contributed by atoms with Crippen molar-refractivity contribution in [1.29, 1.82) is 0 Å². The van der Waals surface area contributed by atoms with Crippen LogP contribution in [-0.2, 0) is 4.74 Å². The molecule has 17 heavy (non-hydrogen) atoms. The molecule has 0 unspecified atom stereocenters. The summed E-state index contributed by atoms with van der Waals surface area (Å²) in [5, 5.41) is 6.20. The summed E-state index contributed by atoms with van der Waals surface area (Å²) >= 11 is 5.07. The van der Waals surface area contributed by atoms with E-state index < -0.39 is 0 Å². The highest BCUT2D eigenvalue weighted by molar-refractivity contribution is 9.10. The maximum atomic E-state index is 4.98. The minimum absolute atomic E-state index is 0.686. The Balaban J connectivity index is 2.07. The Hall–Kier alpha value is -0.910. The fourth-order valence-electron chi connectivity index (χ4n) is 1.40. The van der Waals surface area contributed by atoms with E-state index in [9.17, 15) is 0 Å². The van der Waals surface area contributed by atoms with Crippen LogP contribution in [0.4, 0.5) is 5.13 Å². The number of rotatable bonds is 5. The van der Waals surface area contributed by atoms with E-state index in [1.54, 1.807) is 18.4 Å². The molecule has 2 rings (SSSR count). The molecule has 1 N–H and O–H groups in total. The Morgan fingerprint density at radius 1 is 1.47 bits per heavy atom. The standard InChI is InChI=1S/C12H13BrN2OS/c1-16-6-5-14-12-15-11(8-17-12)9-3-2-4-10(13)7-9/h2-4,7-8H,5-6H2,1H3,(H,14,15). The van der Waals surface area contributed by atoms with E-state index >= 15 is 0 Å². The quantitative estimate of drug-likeness (QED) is 0.856. The number of hydrogen-bond donors (Lipinski definition) is 1. The Labute approximate surface area is 113 Å². The molecule has 0 fully saturated rings. The molecule has 1 aromatic carbocycles. The highest BCUT2D eigenvalue weighted by Gasteiger charge is 2.04. The molecule has 0 bridgehead atoms. The zero-order valence-corrected chi connectivity index (χ0v) is 11.8. The molecule has 3 nitrogen and oxygen atoms in total. The van der Waals surface area contributed by atoms with E-state index in [1.165, 1.54) is 0 Å². The number of ether oxygens (including phenoxy) is 1. The van der Waals surface area contributed by atoms with Crippen LogP contribution >= 0.6 is 27.3 Å². The van der Waals surface area contributed by atoms with Gasteiger partial charge in [-0.1, -0.05) is 28.1 Å². The number of halogens is 1. The third-order valence-electron chi connectivity index (χ3n) is 2.21. The maximum Gasteiger partial charge on any atom is 0.183 e. The Morgan fingerprint density at radius 2 is 2.35 bits per heavy atom. The summed E-state index contributed by atoms with van der Waals surface area (Å²) in [6.07, 6.45) is 0. The van der Waals surface area contributed by atoms with Crippen molar-refractivity contribution in [1.82, 2.24) is 4.98 Å². The predicted octanol–water partition coefficient (Wildman–Crippen LogP) is 3.63.